The summed E-state index contributed by atoms with van der Waals surface area (Å²) in [6.07, 6.45) is 1.95. The number of rotatable bonds is 6. The van der Waals surface area contributed by atoms with Crippen molar-refractivity contribution in [1.29, 1.82) is 0 Å². The highest BCUT2D eigenvalue weighted by atomic mass is 16.4. The quantitative estimate of drug-likeness (QED) is 0.615. The van der Waals surface area contributed by atoms with Gasteiger partial charge in [-0.05, 0) is 18.1 Å². The van der Waals surface area contributed by atoms with Crippen LogP contribution in [0, 0.1) is 5.92 Å². The van der Waals surface area contributed by atoms with Crippen LogP contribution >= 0.6 is 0 Å². The number of aromatic carboxylic acids is 1. The number of carboxylic acids is 1. The molecule has 8 nitrogen and oxygen atoms in total. The second-order valence-electron chi connectivity index (χ2n) is 4.57. The highest BCUT2D eigenvalue weighted by Gasteiger charge is 2.26. The van der Waals surface area contributed by atoms with Crippen molar-refractivity contribution in [3.63, 3.8) is 0 Å². The summed E-state index contributed by atoms with van der Waals surface area (Å²) in [6.45, 7) is 3.64. The van der Waals surface area contributed by atoms with E-state index >= 15 is 0 Å². The normalized spacial score (nSPS) is 13.0. The van der Waals surface area contributed by atoms with Gasteiger partial charge in [-0.25, -0.2) is 14.6 Å². The Morgan fingerprint density at radius 1 is 1.43 bits per heavy atom. The maximum absolute atomic E-state index is 12.2. The monoisotopic (exact) mass is 294 g/mol. The van der Waals surface area contributed by atoms with Crippen LogP contribution in [0.2, 0.25) is 0 Å². The molecule has 3 amide bonds. The third-order valence-electron chi connectivity index (χ3n) is 3.06. The average Bonchev–Trinajstić information content (AvgIpc) is 2.44. The molecule has 114 valence electrons. The molecule has 0 saturated carbocycles. The molecular formula is C13H18N4O4. The summed E-state index contributed by atoms with van der Waals surface area (Å²) in [5.41, 5.74) is 4.85. The zero-order chi connectivity index (χ0) is 16.0. The molecular weight excluding hydrogens is 276 g/mol. The molecule has 1 rings (SSSR count). The molecule has 0 saturated heterocycles. The Morgan fingerprint density at radius 3 is 2.62 bits per heavy atom. The predicted octanol–water partition coefficient (Wildman–Crippen LogP) is 0.801. The van der Waals surface area contributed by atoms with Crippen molar-refractivity contribution >= 4 is 23.6 Å². The molecule has 8 heteroatoms. The first-order chi connectivity index (χ1) is 9.86. The molecule has 0 radical (unpaired) electrons. The maximum atomic E-state index is 12.2. The lowest BCUT2D eigenvalue weighted by Crippen LogP contribution is -2.49. The van der Waals surface area contributed by atoms with Gasteiger partial charge in [-0.1, -0.05) is 20.3 Å². The summed E-state index contributed by atoms with van der Waals surface area (Å²) in [5, 5.41) is 13.8. The lowest BCUT2D eigenvalue weighted by molar-refractivity contribution is -0.119. The molecule has 0 aliphatic heterocycles. The van der Waals surface area contributed by atoms with Gasteiger partial charge in [0.1, 0.15) is 6.04 Å². The molecule has 1 heterocycles. The SMILES string of the molecule is CCC(C)C(NC(N)=O)C(=O)Nc1cccnc1C(=O)O. The van der Waals surface area contributed by atoms with Gasteiger partial charge in [0.05, 0.1) is 5.69 Å². The largest absolute Gasteiger partial charge is 0.476 e. The number of amides is 3. The van der Waals surface area contributed by atoms with Crippen LogP contribution in [0.15, 0.2) is 18.3 Å². The average molecular weight is 294 g/mol. The summed E-state index contributed by atoms with van der Waals surface area (Å²) in [5.74, 6) is -1.96. The number of hydrogen-bond acceptors (Lipinski definition) is 4. The van der Waals surface area contributed by atoms with Crippen LogP contribution in [0.25, 0.3) is 0 Å². The molecule has 2 atom stereocenters. The molecule has 1 aromatic heterocycles. The number of anilines is 1. The van der Waals surface area contributed by atoms with Crippen molar-refractivity contribution in [3.8, 4) is 0 Å². The van der Waals surface area contributed by atoms with E-state index < -0.39 is 23.9 Å². The second kappa shape index (κ2) is 7.22. The molecule has 0 aromatic carbocycles. The maximum Gasteiger partial charge on any atom is 0.356 e. The molecule has 5 N–H and O–H groups in total. The van der Waals surface area contributed by atoms with Crippen LogP contribution in [-0.4, -0.2) is 34.0 Å². The van der Waals surface area contributed by atoms with Crippen molar-refractivity contribution in [1.82, 2.24) is 10.3 Å². The summed E-state index contributed by atoms with van der Waals surface area (Å²) < 4.78 is 0. The summed E-state index contributed by atoms with van der Waals surface area (Å²) in [4.78, 5) is 37.9. The molecule has 1 aromatic rings. The molecule has 0 aliphatic rings. The number of primary amides is 1. The molecule has 0 aliphatic carbocycles. The molecule has 21 heavy (non-hydrogen) atoms. The van der Waals surface area contributed by atoms with Crippen LogP contribution in [0.5, 0.6) is 0 Å². The van der Waals surface area contributed by atoms with Gasteiger partial charge in [0.15, 0.2) is 5.69 Å². The van der Waals surface area contributed by atoms with E-state index in [9.17, 15) is 14.4 Å². The minimum atomic E-state index is -1.26. The number of hydrogen-bond donors (Lipinski definition) is 4. The van der Waals surface area contributed by atoms with E-state index in [0.717, 1.165) is 0 Å². The number of nitrogens with two attached hydrogens (primary N) is 1. The fourth-order valence-corrected chi connectivity index (χ4v) is 1.74. The van der Waals surface area contributed by atoms with Crippen molar-refractivity contribution in [2.45, 2.75) is 26.3 Å². The van der Waals surface area contributed by atoms with Gasteiger partial charge in [0.25, 0.3) is 0 Å². The summed E-state index contributed by atoms with van der Waals surface area (Å²) >= 11 is 0. The number of urea groups is 1. The lowest BCUT2D eigenvalue weighted by Gasteiger charge is -2.22. The third kappa shape index (κ3) is 4.44. The summed E-state index contributed by atoms with van der Waals surface area (Å²) in [6, 6.07) is 1.25. The first kappa shape index (κ1) is 16.4. The molecule has 0 spiro atoms. The Balaban J connectivity index is 2.96. The number of nitrogens with one attached hydrogen (secondary N) is 2. The minimum absolute atomic E-state index is 0.0644. The summed E-state index contributed by atoms with van der Waals surface area (Å²) in [7, 11) is 0. The van der Waals surface area contributed by atoms with E-state index in [1.165, 1.54) is 18.3 Å². The molecule has 0 fully saturated rings. The predicted molar refractivity (Wildman–Crippen MR) is 75.8 cm³/mol. The standard InChI is InChI=1S/C13H18N4O4/c1-3-7(2)9(17-13(14)21)11(18)16-8-5-4-6-15-10(8)12(19)20/h4-7,9H,3H2,1-2H3,(H,16,18)(H,19,20)(H3,14,17,21). The van der Waals surface area contributed by atoms with Crippen LogP contribution < -0.4 is 16.4 Å². The van der Waals surface area contributed by atoms with Crippen LogP contribution in [0.3, 0.4) is 0 Å². The highest BCUT2D eigenvalue weighted by molar-refractivity contribution is 6.02. The van der Waals surface area contributed by atoms with Crippen molar-refractivity contribution < 1.29 is 19.5 Å². The number of pyridine rings is 1. The van der Waals surface area contributed by atoms with Crippen molar-refractivity contribution in [2.24, 2.45) is 11.7 Å². The minimum Gasteiger partial charge on any atom is -0.476 e. The van der Waals surface area contributed by atoms with Crippen molar-refractivity contribution in [3.05, 3.63) is 24.0 Å². The number of aromatic nitrogens is 1. The zero-order valence-electron chi connectivity index (χ0n) is 11.8. The van der Waals surface area contributed by atoms with Gasteiger partial charge in [-0.15, -0.1) is 0 Å². The van der Waals surface area contributed by atoms with E-state index in [4.69, 9.17) is 10.8 Å². The topological polar surface area (TPSA) is 134 Å². The lowest BCUT2D eigenvalue weighted by atomic mass is 9.98. The van der Waals surface area contributed by atoms with Gasteiger partial charge >= 0.3 is 12.0 Å². The van der Waals surface area contributed by atoms with E-state index in [1.807, 2.05) is 6.92 Å². The van der Waals surface area contributed by atoms with E-state index in [-0.39, 0.29) is 17.3 Å². The number of carbonyl (C=O) groups excluding carboxylic acids is 2. The van der Waals surface area contributed by atoms with E-state index in [0.29, 0.717) is 6.42 Å². The van der Waals surface area contributed by atoms with Gasteiger partial charge in [-0.2, -0.15) is 0 Å². The first-order valence-electron chi connectivity index (χ1n) is 6.42. The Kier molecular flexibility index (Phi) is 5.65. The fourth-order valence-electron chi connectivity index (χ4n) is 1.74. The number of carboxylic acid groups (broad SMARTS) is 1. The second-order valence-corrected chi connectivity index (χ2v) is 4.57. The highest BCUT2D eigenvalue weighted by Crippen LogP contribution is 2.15. The van der Waals surface area contributed by atoms with E-state index in [2.05, 4.69) is 15.6 Å². The molecule has 0 bridgehead atoms. The Bertz CT molecular complexity index is 547. The van der Waals surface area contributed by atoms with Crippen LogP contribution in [-0.2, 0) is 4.79 Å². The third-order valence-corrected chi connectivity index (χ3v) is 3.06. The Labute approximate surface area is 121 Å². The van der Waals surface area contributed by atoms with Gasteiger partial charge < -0.3 is 21.5 Å². The zero-order valence-corrected chi connectivity index (χ0v) is 11.8. The Hall–Kier alpha value is -2.64. The molecule has 2 unspecified atom stereocenters. The van der Waals surface area contributed by atoms with Gasteiger partial charge in [0.2, 0.25) is 5.91 Å². The van der Waals surface area contributed by atoms with Crippen LogP contribution in [0.1, 0.15) is 30.8 Å². The van der Waals surface area contributed by atoms with E-state index in [1.54, 1.807) is 6.92 Å². The smallest absolute Gasteiger partial charge is 0.356 e. The first-order valence-corrected chi connectivity index (χ1v) is 6.42. The fraction of sp³-hybridized carbons (Fsp3) is 0.385. The van der Waals surface area contributed by atoms with Crippen LogP contribution in [0.4, 0.5) is 10.5 Å². The number of nitrogens with zero attached hydrogens (tertiary/aromatic N) is 1. The van der Waals surface area contributed by atoms with Crippen molar-refractivity contribution in [2.75, 3.05) is 5.32 Å². The Morgan fingerprint density at radius 2 is 2.10 bits per heavy atom. The van der Waals surface area contributed by atoms with Gasteiger partial charge in [-0.3, -0.25) is 4.79 Å². The number of carbonyl (C=O) groups is 3. The van der Waals surface area contributed by atoms with Gasteiger partial charge in [0, 0.05) is 6.20 Å².